The molecule has 6 atom stereocenters. The standard InChI is InChI=1S/C54H34B2N2S2/c1-3-11-29(12-4-1)31-15-7-17-33(27-31)55(34-18-8-16-32(28-34)30-13-5-2-6-14-30)46-53-51-45-52-54(46)60-42-22-10-20-38-40-26-24-36-35-23-25-39-37-19-9-21-41(59-53)47(37)57(51)49(39)43(35)56(45)44(36)50(40)58(52)48(38)42/h1-28,45-46,51-54H/t45?,46?,51-,52?,53?,54?/m0/s1. The predicted molar refractivity (Wildman–Crippen MR) is 257 cm³/mol. The number of benzene rings is 8. The molecule has 7 heterocycles. The number of para-hydroxylation sites is 2. The van der Waals surface area contributed by atoms with Crippen LogP contribution >= 0.6 is 23.5 Å². The summed E-state index contributed by atoms with van der Waals surface area (Å²) in [5.41, 5.74) is 20.2. The topological polar surface area (TPSA) is 9.86 Å². The molecule has 2 aromatic heterocycles. The summed E-state index contributed by atoms with van der Waals surface area (Å²) in [6.45, 7) is 0.568. The molecule has 10 aromatic rings. The van der Waals surface area contributed by atoms with E-state index in [1.54, 1.807) is 10.9 Å². The molecule has 0 N–H and O–H groups in total. The molecule has 6 aliphatic rings. The summed E-state index contributed by atoms with van der Waals surface area (Å²) in [5.74, 6) is 0.785. The van der Waals surface area contributed by atoms with Crippen molar-refractivity contribution in [1.82, 2.24) is 9.13 Å². The van der Waals surface area contributed by atoms with Crippen LogP contribution in [-0.2, 0) is 0 Å². The lowest BCUT2D eigenvalue weighted by molar-refractivity contribution is 0.287. The molecule has 1 fully saturated rings. The van der Waals surface area contributed by atoms with E-state index < -0.39 is 0 Å². The summed E-state index contributed by atoms with van der Waals surface area (Å²) >= 11 is 4.45. The van der Waals surface area contributed by atoms with Crippen molar-refractivity contribution in [1.29, 1.82) is 0 Å². The van der Waals surface area contributed by atoms with E-state index in [4.69, 9.17) is 0 Å². The number of thioether (sulfide) groups is 2. The Morgan fingerprint density at radius 3 is 1.37 bits per heavy atom. The summed E-state index contributed by atoms with van der Waals surface area (Å²) in [4.78, 5) is 2.91. The molecule has 16 rings (SSSR count). The van der Waals surface area contributed by atoms with Gasteiger partial charge in [-0.3, -0.25) is 0 Å². The Morgan fingerprint density at radius 2 is 0.867 bits per heavy atom. The Labute approximate surface area is 356 Å². The minimum Gasteiger partial charge on any atom is -0.336 e. The number of nitrogens with zero attached hydrogens (tertiary/aromatic N) is 2. The molecule has 0 amide bonds. The van der Waals surface area contributed by atoms with Gasteiger partial charge in [0.25, 0.3) is 0 Å². The van der Waals surface area contributed by atoms with Gasteiger partial charge in [0.1, 0.15) is 0 Å². The molecule has 6 heteroatoms. The average molecular weight is 797 g/mol. The van der Waals surface area contributed by atoms with E-state index >= 15 is 0 Å². The molecule has 1 saturated carbocycles. The molecule has 5 aliphatic heterocycles. The van der Waals surface area contributed by atoms with Crippen LogP contribution in [0.3, 0.4) is 0 Å². The molecule has 0 saturated heterocycles. The second-order valence-electron chi connectivity index (χ2n) is 18.1. The largest absolute Gasteiger partial charge is 0.336 e. The highest BCUT2D eigenvalue weighted by atomic mass is 32.2. The maximum absolute atomic E-state index is 2.95. The van der Waals surface area contributed by atoms with Crippen molar-refractivity contribution in [3.8, 4) is 33.4 Å². The molecule has 5 unspecified atom stereocenters. The van der Waals surface area contributed by atoms with Crippen LogP contribution in [0.2, 0.25) is 11.6 Å². The fraction of sp³-hybridized carbons (Fsp3) is 0.111. The van der Waals surface area contributed by atoms with Crippen molar-refractivity contribution in [2.45, 2.75) is 44.0 Å². The van der Waals surface area contributed by atoms with E-state index in [1.807, 2.05) is 0 Å². The lowest BCUT2D eigenvalue weighted by Crippen LogP contribution is -2.66. The van der Waals surface area contributed by atoms with Gasteiger partial charge in [-0.05, 0) is 68.1 Å². The third-order valence-corrected chi connectivity index (χ3v) is 18.6. The average Bonchev–Trinajstić information content (AvgIpc) is 3.96. The molecule has 2 nitrogen and oxygen atoms in total. The molecule has 8 aromatic carbocycles. The SMILES string of the molecule is c1ccc(-c2cccc(B(c3cccc(-c4ccccc4)c3)C3C4Sc5cccc6c7ccc8c9c7n(c56)C4C4B9c5c-8ccc6c7cccc8c7n(c56)[C@@H]4C3S8)c2)cc1. The maximum atomic E-state index is 2.95. The van der Waals surface area contributed by atoms with Gasteiger partial charge in [-0.1, -0.05) is 169 Å². The first-order chi connectivity index (χ1) is 29.8. The van der Waals surface area contributed by atoms with Crippen LogP contribution in [-0.4, -0.2) is 33.1 Å². The summed E-state index contributed by atoms with van der Waals surface area (Å²) in [6, 6.07) is 66.4. The van der Waals surface area contributed by atoms with Crippen LogP contribution < -0.4 is 21.9 Å². The Kier molecular flexibility index (Phi) is 5.93. The van der Waals surface area contributed by atoms with Crippen LogP contribution in [0.25, 0.3) is 77.0 Å². The molecule has 60 heavy (non-hydrogen) atoms. The quantitative estimate of drug-likeness (QED) is 0.161. The minimum absolute atomic E-state index is 0.163. The van der Waals surface area contributed by atoms with Crippen molar-refractivity contribution >= 4 is 102 Å². The highest BCUT2D eigenvalue weighted by Gasteiger charge is 2.66. The first-order valence-electron chi connectivity index (χ1n) is 21.6. The molecular weight excluding hydrogens is 762 g/mol. The zero-order valence-corrected chi connectivity index (χ0v) is 34.1. The lowest BCUT2D eigenvalue weighted by Gasteiger charge is -2.60. The molecule has 0 bridgehead atoms. The predicted octanol–water partition coefficient (Wildman–Crippen LogP) is 10.9. The van der Waals surface area contributed by atoms with Crippen molar-refractivity contribution in [2.75, 3.05) is 0 Å². The van der Waals surface area contributed by atoms with Crippen molar-refractivity contribution < 1.29 is 0 Å². The van der Waals surface area contributed by atoms with Crippen LogP contribution in [0.5, 0.6) is 0 Å². The van der Waals surface area contributed by atoms with Gasteiger partial charge in [0.05, 0.1) is 11.0 Å². The lowest BCUT2D eigenvalue weighted by atomic mass is 9.25. The van der Waals surface area contributed by atoms with Crippen molar-refractivity contribution in [2.24, 2.45) is 0 Å². The third kappa shape index (κ3) is 3.70. The number of hydrogen-bond donors (Lipinski definition) is 0. The second kappa shape index (κ2) is 11.1. The normalized spacial score (nSPS) is 22.8. The van der Waals surface area contributed by atoms with Gasteiger partial charge in [-0.2, -0.15) is 0 Å². The highest BCUT2D eigenvalue weighted by molar-refractivity contribution is 8.01. The molecule has 0 radical (unpaired) electrons. The fourth-order valence-electron chi connectivity index (χ4n) is 13.8. The summed E-state index contributed by atoms with van der Waals surface area (Å²) < 4.78 is 5.89. The Bertz CT molecular complexity index is 3340. The van der Waals surface area contributed by atoms with Crippen LogP contribution in [0.1, 0.15) is 12.1 Å². The zero-order chi connectivity index (χ0) is 38.5. The summed E-state index contributed by atoms with van der Waals surface area (Å²) in [5, 5.41) is 6.48. The van der Waals surface area contributed by atoms with Crippen molar-refractivity contribution in [3.05, 3.63) is 170 Å². The maximum Gasteiger partial charge on any atom is 0.223 e. The highest BCUT2D eigenvalue weighted by Crippen LogP contribution is 2.69. The van der Waals surface area contributed by atoms with E-state index in [-0.39, 0.29) is 6.71 Å². The van der Waals surface area contributed by atoms with E-state index in [9.17, 15) is 0 Å². The van der Waals surface area contributed by atoms with Gasteiger partial charge in [-0.25, -0.2) is 0 Å². The molecule has 0 spiro atoms. The molecular formula is C54H34B2N2S2. The van der Waals surface area contributed by atoms with Gasteiger partial charge >= 0.3 is 0 Å². The summed E-state index contributed by atoms with van der Waals surface area (Å²) in [6.07, 6.45) is 0. The molecule has 1 aliphatic carbocycles. The minimum atomic E-state index is 0.163. The smallest absolute Gasteiger partial charge is 0.223 e. The Hall–Kier alpha value is -5.81. The van der Waals surface area contributed by atoms with Gasteiger partial charge in [0.2, 0.25) is 13.4 Å². The fourth-order valence-corrected chi connectivity index (χ4v) is 17.3. The van der Waals surface area contributed by atoms with E-state index in [0.717, 1.165) is 0 Å². The van der Waals surface area contributed by atoms with Gasteiger partial charge in [0.15, 0.2) is 0 Å². The van der Waals surface area contributed by atoms with Crippen LogP contribution in [0.15, 0.2) is 180 Å². The Morgan fingerprint density at radius 1 is 0.417 bits per heavy atom. The first kappa shape index (κ1) is 32.0. The van der Waals surface area contributed by atoms with E-state index in [0.29, 0.717) is 40.9 Å². The zero-order valence-electron chi connectivity index (χ0n) is 32.5. The van der Waals surface area contributed by atoms with Gasteiger partial charge in [0, 0.05) is 65.0 Å². The summed E-state index contributed by atoms with van der Waals surface area (Å²) in [7, 11) is 0. The Balaban J connectivity index is 1.03. The number of hydrogen-bond acceptors (Lipinski definition) is 2. The number of aromatic nitrogens is 2. The molecule has 278 valence electrons. The van der Waals surface area contributed by atoms with E-state index in [2.05, 4.69) is 203 Å². The van der Waals surface area contributed by atoms with Gasteiger partial charge < -0.3 is 9.13 Å². The van der Waals surface area contributed by atoms with Crippen molar-refractivity contribution in [3.63, 3.8) is 0 Å². The number of fused-ring (bicyclic) bond motifs is 3. The van der Waals surface area contributed by atoms with Gasteiger partial charge in [-0.15, -0.1) is 23.5 Å². The van der Waals surface area contributed by atoms with Crippen LogP contribution in [0, 0.1) is 0 Å². The van der Waals surface area contributed by atoms with Crippen LogP contribution in [0.4, 0.5) is 0 Å². The van der Waals surface area contributed by atoms with E-state index in [1.165, 1.54) is 97.7 Å². The second-order valence-corrected chi connectivity index (χ2v) is 20.6. The number of rotatable bonds is 5. The third-order valence-electron chi connectivity index (χ3n) is 15.7. The monoisotopic (exact) mass is 796 g/mol. The first-order valence-corrected chi connectivity index (χ1v) is 23.4.